The van der Waals surface area contributed by atoms with Crippen molar-refractivity contribution in [3.05, 3.63) is 39.4 Å². The fourth-order valence-electron chi connectivity index (χ4n) is 1.93. The van der Waals surface area contributed by atoms with Crippen LogP contribution in [0.15, 0.2) is 18.2 Å². The van der Waals surface area contributed by atoms with Crippen LogP contribution in [0, 0.1) is 17.0 Å². The van der Waals surface area contributed by atoms with Gasteiger partial charge in [0, 0.05) is 36.8 Å². The van der Waals surface area contributed by atoms with Crippen molar-refractivity contribution in [3.63, 3.8) is 0 Å². The second-order valence-corrected chi connectivity index (χ2v) is 5.55. The first-order valence-corrected chi connectivity index (χ1v) is 7.01. The lowest BCUT2D eigenvalue weighted by molar-refractivity contribution is -0.385. The molecule has 5 heteroatoms. The summed E-state index contributed by atoms with van der Waals surface area (Å²) in [5, 5.41) is 14.4. The summed E-state index contributed by atoms with van der Waals surface area (Å²) in [7, 11) is 2.09. The van der Waals surface area contributed by atoms with Crippen LogP contribution in [0.4, 0.5) is 5.69 Å². The minimum absolute atomic E-state index is 0.106. The average molecular weight is 279 g/mol. The zero-order valence-electron chi connectivity index (χ0n) is 13.0. The Morgan fingerprint density at radius 1 is 1.35 bits per heavy atom. The van der Waals surface area contributed by atoms with Gasteiger partial charge in [0.05, 0.1) is 4.92 Å². The SMILES string of the molecule is Cc1ccc(C(C)NCCN(C)C(C)C)cc1[N+](=O)[O-]. The number of rotatable bonds is 7. The van der Waals surface area contributed by atoms with Gasteiger partial charge in [-0.25, -0.2) is 0 Å². The zero-order chi connectivity index (χ0) is 15.3. The molecule has 0 spiro atoms. The predicted octanol–water partition coefficient (Wildman–Crippen LogP) is 2.89. The smallest absolute Gasteiger partial charge is 0.272 e. The lowest BCUT2D eigenvalue weighted by atomic mass is 10.0. The molecule has 1 atom stereocenters. The number of nitro benzene ring substituents is 1. The molecule has 0 heterocycles. The molecule has 0 aliphatic heterocycles. The van der Waals surface area contributed by atoms with Crippen LogP contribution in [-0.4, -0.2) is 36.0 Å². The second kappa shape index (κ2) is 7.36. The van der Waals surface area contributed by atoms with E-state index >= 15 is 0 Å². The van der Waals surface area contributed by atoms with Gasteiger partial charge in [-0.3, -0.25) is 10.1 Å². The Bertz CT molecular complexity index is 460. The summed E-state index contributed by atoms with van der Waals surface area (Å²) in [6.45, 7) is 9.92. The fraction of sp³-hybridized carbons (Fsp3) is 0.600. The Kier molecular flexibility index (Phi) is 6.10. The van der Waals surface area contributed by atoms with Crippen LogP contribution < -0.4 is 5.32 Å². The van der Waals surface area contributed by atoms with Crippen molar-refractivity contribution in [3.8, 4) is 0 Å². The molecule has 0 aliphatic carbocycles. The molecule has 5 nitrogen and oxygen atoms in total. The molecule has 0 aromatic heterocycles. The van der Waals surface area contributed by atoms with Crippen molar-refractivity contribution >= 4 is 5.69 Å². The lowest BCUT2D eigenvalue weighted by Gasteiger charge is -2.22. The highest BCUT2D eigenvalue weighted by Crippen LogP contribution is 2.22. The first-order chi connectivity index (χ1) is 9.32. The van der Waals surface area contributed by atoms with E-state index in [1.807, 2.05) is 19.1 Å². The highest BCUT2D eigenvalue weighted by molar-refractivity contribution is 5.43. The van der Waals surface area contributed by atoms with Gasteiger partial charge >= 0.3 is 0 Å². The van der Waals surface area contributed by atoms with E-state index < -0.39 is 0 Å². The molecule has 1 aromatic carbocycles. The summed E-state index contributed by atoms with van der Waals surface area (Å²) >= 11 is 0. The van der Waals surface area contributed by atoms with E-state index in [9.17, 15) is 10.1 Å². The molecular weight excluding hydrogens is 254 g/mol. The van der Waals surface area contributed by atoms with Crippen LogP contribution in [-0.2, 0) is 0 Å². The summed E-state index contributed by atoms with van der Waals surface area (Å²) < 4.78 is 0. The molecule has 0 fully saturated rings. The largest absolute Gasteiger partial charge is 0.309 e. The summed E-state index contributed by atoms with van der Waals surface area (Å²) in [4.78, 5) is 12.9. The summed E-state index contributed by atoms with van der Waals surface area (Å²) in [6.07, 6.45) is 0. The van der Waals surface area contributed by atoms with E-state index in [0.717, 1.165) is 18.7 Å². The first kappa shape index (κ1) is 16.6. The maximum atomic E-state index is 11.0. The van der Waals surface area contributed by atoms with E-state index in [1.54, 1.807) is 13.0 Å². The Balaban J connectivity index is 2.62. The molecule has 1 N–H and O–H groups in total. The van der Waals surface area contributed by atoms with Gasteiger partial charge in [-0.2, -0.15) is 0 Å². The maximum Gasteiger partial charge on any atom is 0.272 e. The van der Waals surface area contributed by atoms with Crippen molar-refractivity contribution in [1.82, 2.24) is 10.2 Å². The van der Waals surface area contributed by atoms with Crippen molar-refractivity contribution in [1.29, 1.82) is 0 Å². The molecule has 0 bridgehead atoms. The van der Waals surface area contributed by atoms with Gasteiger partial charge < -0.3 is 10.2 Å². The molecule has 0 radical (unpaired) electrons. The Morgan fingerprint density at radius 2 is 2.00 bits per heavy atom. The average Bonchev–Trinajstić information content (AvgIpc) is 2.38. The fourth-order valence-corrected chi connectivity index (χ4v) is 1.93. The molecule has 1 unspecified atom stereocenters. The number of hydrogen-bond donors (Lipinski definition) is 1. The van der Waals surface area contributed by atoms with Crippen LogP contribution >= 0.6 is 0 Å². The second-order valence-electron chi connectivity index (χ2n) is 5.55. The van der Waals surface area contributed by atoms with Crippen molar-refractivity contribution < 1.29 is 4.92 Å². The third-order valence-electron chi connectivity index (χ3n) is 3.73. The number of likely N-dealkylation sites (N-methyl/N-ethyl adjacent to an activating group) is 1. The molecule has 1 rings (SSSR count). The normalized spacial score (nSPS) is 12.9. The highest BCUT2D eigenvalue weighted by atomic mass is 16.6. The molecule has 20 heavy (non-hydrogen) atoms. The van der Waals surface area contributed by atoms with E-state index in [0.29, 0.717) is 11.6 Å². The third kappa shape index (κ3) is 4.58. The molecule has 112 valence electrons. The van der Waals surface area contributed by atoms with Gasteiger partial charge in [0.15, 0.2) is 0 Å². The first-order valence-electron chi connectivity index (χ1n) is 7.01. The van der Waals surface area contributed by atoms with Crippen LogP contribution in [0.3, 0.4) is 0 Å². The van der Waals surface area contributed by atoms with Gasteiger partial charge in [0.2, 0.25) is 0 Å². The number of nitrogens with zero attached hydrogens (tertiary/aromatic N) is 2. The highest BCUT2D eigenvalue weighted by Gasteiger charge is 2.14. The molecule has 0 saturated carbocycles. The number of hydrogen-bond acceptors (Lipinski definition) is 4. The molecule has 0 saturated heterocycles. The van der Waals surface area contributed by atoms with Crippen molar-refractivity contribution in [2.45, 2.75) is 39.8 Å². The monoisotopic (exact) mass is 279 g/mol. The minimum atomic E-state index is -0.321. The maximum absolute atomic E-state index is 11.0. The van der Waals surface area contributed by atoms with Crippen molar-refractivity contribution in [2.24, 2.45) is 0 Å². The third-order valence-corrected chi connectivity index (χ3v) is 3.73. The van der Waals surface area contributed by atoms with E-state index in [1.165, 1.54) is 0 Å². The number of nitrogens with one attached hydrogen (secondary N) is 1. The Morgan fingerprint density at radius 3 is 2.55 bits per heavy atom. The van der Waals surface area contributed by atoms with Crippen LogP contribution in [0.1, 0.15) is 37.9 Å². The summed E-state index contributed by atoms with van der Waals surface area (Å²) in [6, 6.07) is 6.06. The van der Waals surface area contributed by atoms with Gasteiger partial charge in [0.1, 0.15) is 0 Å². The van der Waals surface area contributed by atoms with Crippen LogP contribution in [0.25, 0.3) is 0 Å². The summed E-state index contributed by atoms with van der Waals surface area (Å²) in [5.74, 6) is 0. The Hall–Kier alpha value is -1.46. The quantitative estimate of drug-likeness (QED) is 0.616. The summed E-state index contributed by atoms with van der Waals surface area (Å²) in [5.41, 5.74) is 1.84. The number of nitro groups is 1. The lowest BCUT2D eigenvalue weighted by Crippen LogP contribution is -2.34. The van der Waals surface area contributed by atoms with Gasteiger partial charge in [0.25, 0.3) is 5.69 Å². The topological polar surface area (TPSA) is 58.4 Å². The van der Waals surface area contributed by atoms with Crippen LogP contribution in [0.5, 0.6) is 0 Å². The van der Waals surface area contributed by atoms with Gasteiger partial charge in [-0.15, -0.1) is 0 Å². The zero-order valence-corrected chi connectivity index (χ0v) is 13.0. The molecule has 0 amide bonds. The number of benzene rings is 1. The molecular formula is C15H25N3O2. The number of aryl methyl sites for hydroxylation is 1. The van der Waals surface area contributed by atoms with E-state index in [2.05, 4.69) is 31.1 Å². The predicted molar refractivity (Wildman–Crippen MR) is 82.0 cm³/mol. The van der Waals surface area contributed by atoms with E-state index in [4.69, 9.17) is 0 Å². The minimum Gasteiger partial charge on any atom is -0.309 e. The van der Waals surface area contributed by atoms with Crippen molar-refractivity contribution in [2.75, 3.05) is 20.1 Å². The van der Waals surface area contributed by atoms with Crippen LogP contribution in [0.2, 0.25) is 0 Å². The van der Waals surface area contributed by atoms with E-state index in [-0.39, 0.29) is 16.7 Å². The van der Waals surface area contributed by atoms with Gasteiger partial charge in [-0.05, 0) is 40.3 Å². The molecule has 1 aromatic rings. The van der Waals surface area contributed by atoms with Gasteiger partial charge in [-0.1, -0.05) is 12.1 Å². The Labute approximate surface area is 121 Å². The molecule has 0 aliphatic rings. The standard InChI is InChI=1S/C15H25N3O2/c1-11(2)17(5)9-8-16-13(4)14-7-6-12(3)15(10-14)18(19)20/h6-7,10-11,13,16H,8-9H2,1-5H3.